The first kappa shape index (κ1) is 17.1. The smallest absolute Gasteiger partial charge is 0.410 e. The number of nitrogens with one attached hydrogen (secondary N) is 1. The lowest BCUT2D eigenvalue weighted by atomic mass is 9.59. The van der Waals surface area contributed by atoms with E-state index in [2.05, 4.69) is 5.32 Å². The molecule has 1 saturated heterocycles. The fourth-order valence-electron chi connectivity index (χ4n) is 3.71. The van der Waals surface area contributed by atoms with Gasteiger partial charge in [-0.1, -0.05) is 0 Å². The maximum absolute atomic E-state index is 12.5. The minimum Gasteiger partial charge on any atom is -0.444 e. The van der Waals surface area contributed by atoms with E-state index in [0.717, 1.165) is 12.8 Å². The molecule has 6 nitrogen and oxygen atoms in total. The van der Waals surface area contributed by atoms with Crippen molar-refractivity contribution in [3.05, 3.63) is 0 Å². The van der Waals surface area contributed by atoms with E-state index in [9.17, 15) is 14.7 Å². The van der Waals surface area contributed by atoms with Crippen molar-refractivity contribution in [1.29, 1.82) is 0 Å². The van der Waals surface area contributed by atoms with Gasteiger partial charge >= 0.3 is 6.09 Å². The molecule has 0 aromatic rings. The number of nitrogens with zero attached hydrogens (tertiary/aromatic N) is 1. The average molecular weight is 312 g/mol. The lowest BCUT2D eigenvalue weighted by Gasteiger charge is -2.54. The molecule has 1 saturated carbocycles. The van der Waals surface area contributed by atoms with Crippen molar-refractivity contribution in [3.63, 3.8) is 0 Å². The summed E-state index contributed by atoms with van der Waals surface area (Å²) >= 11 is 0. The Labute approximate surface area is 132 Å². The third kappa shape index (κ3) is 2.81. The third-order valence-electron chi connectivity index (χ3n) is 4.65. The quantitative estimate of drug-likeness (QED) is 0.828. The Hall–Kier alpha value is -1.30. The number of amides is 2. The number of carbonyl (C=O) groups is 2. The Bertz CT molecular complexity index is 458. The summed E-state index contributed by atoms with van der Waals surface area (Å²) in [6, 6.07) is 0.0404. The van der Waals surface area contributed by atoms with Crippen LogP contribution in [-0.2, 0) is 9.53 Å². The number of carbonyl (C=O) groups excluding carboxylic acids is 2. The van der Waals surface area contributed by atoms with Crippen molar-refractivity contribution in [2.45, 2.75) is 64.6 Å². The molecule has 0 radical (unpaired) electrons. The van der Waals surface area contributed by atoms with Crippen LogP contribution in [0.2, 0.25) is 0 Å². The fraction of sp³-hybridized carbons (Fsp3) is 0.875. The summed E-state index contributed by atoms with van der Waals surface area (Å²) in [5, 5.41) is 12.9. The van der Waals surface area contributed by atoms with E-state index in [-0.39, 0.29) is 30.4 Å². The maximum atomic E-state index is 12.5. The molecule has 0 spiro atoms. The van der Waals surface area contributed by atoms with E-state index >= 15 is 0 Å². The van der Waals surface area contributed by atoms with Gasteiger partial charge in [-0.25, -0.2) is 4.79 Å². The molecule has 22 heavy (non-hydrogen) atoms. The van der Waals surface area contributed by atoms with Crippen LogP contribution in [0.15, 0.2) is 0 Å². The van der Waals surface area contributed by atoms with E-state index in [0.29, 0.717) is 6.54 Å². The summed E-state index contributed by atoms with van der Waals surface area (Å²) in [7, 11) is 0. The van der Waals surface area contributed by atoms with Crippen molar-refractivity contribution in [1.82, 2.24) is 10.2 Å². The van der Waals surface area contributed by atoms with Crippen LogP contribution in [0.5, 0.6) is 0 Å². The second-order valence-electron chi connectivity index (χ2n) is 7.72. The SMILES string of the molecule is CC(C)NC(=O)[C@@H]1C[C@H]2CCN(C(=O)OC(C)(C)C)[C@]21CO. The third-order valence-corrected chi connectivity index (χ3v) is 4.65. The molecule has 1 aliphatic carbocycles. The lowest BCUT2D eigenvalue weighted by molar-refractivity contribution is -0.147. The highest BCUT2D eigenvalue weighted by Gasteiger charge is 2.65. The van der Waals surface area contributed by atoms with Gasteiger partial charge in [0, 0.05) is 12.6 Å². The van der Waals surface area contributed by atoms with Crippen LogP contribution in [0, 0.1) is 11.8 Å². The van der Waals surface area contributed by atoms with Gasteiger partial charge in [-0.15, -0.1) is 0 Å². The van der Waals surface area contributed by atoms with Crippen molar-refractivity contribution >= 4 is 12.0 Å². The van der Waals surface area contributed by atoms with E-state index in [1.807, 2.05) is 34.6 Å². The van der Waals surface area contributed by atoms with E-state index in [1.165, 1.54) is 0 Å². The number of aliphatic hydroxyl groups is 1. The van der Waals surface area contributed by atoms with Crippen LogP contribution in [0.25, 0.3) is 0 Å². The van der Waals surface area contributed by atoms with Crippen molar-refractivity contribution in [2.24, 2.45) is 11.8 Å². The molecule has 0 aromatic carbocycles. The average Bonchev–Trinajstić information content (AvgIpc) is 2.59. The molecule has 2 rings (SSSR count). The highest BCUT2D eigenvalue weighted by Crippen LogP contribution is 2.54. The number of likely N-dealkylation sites (tertiary alicyclic amines) is 1. The Balaban J connectivity index is 2.19. The summed E-state index contributed by atoms with van der Waals surface area (Å²) in [4.78, 5) is 26.4. The predicted octanol–water partition coefficient (Wildman–Crippen LogP) is 1.52. The molecule has 2 amide bonds. The van der Waals surface area contributed by atoms with Crippen LogP contribution < -0.4 is 5.32 Å². The van der Waals surface area contributed by atoms with Gasteiger partial charge in [0.1, 0.15) is 5.60 Å². The first-order valence-corrected chi connectivity index (χ1v) is 8.03. The number of ether oxygens (including phenoxy) is 1. The minimum absolute atomic E-state index is 0.0404. The molecular formula is C16H28N2O4. The standard InChI is InChI=1S/C16H28N2O4/c1-10(2)17-13(20)12-8-11-6-7-18(16(11,12)9-19)14(21)22-15(3,4)5/h10-12,19H,6-9H2,1-5H3,(H,17,20)/t11-,12+,16-/m1/s1. The number of hydrogen-bond donors (Lipinski definition) is 2. The van der Waals surface area contributed by atoms with E-state index < -0.39 is 17.2 Å². The van der Waals surface area contributed by atoms with Gasteiger partial charge in [-0.05, 0) is 53.4 Å². The van der Waals surface area contributed by atoms with E-state index in [4.69, 9.17) is 4.74 Å². The van der Waals surface area contributed by atoms with E-state index in [1.54, 1.807) is 4.90 Å². The van der Waals surface area contributed by atoms with Crippen LogP contribution in [0.1, 0.15) is 47.5 Å². The number of rotatable bonds is 3. The van der Waals surface area contributed by atoms with Crippen molar-refractivity contribution in [2.75, 3.05) is 13.2 Å². The Morgan fingerprint density at radius 2 is 2.05 bits per heavy atom. The van der Waals surface area contributed by atoms with Gasteiger partial charge in [0.15, 0.2) is 0 Å². The van der Waals surface area contributed by atoms with Crippen LogP contribution >= 0.6 is 0 Å². The molecule has 2 N–H and O–H groups in total. The number of aliphatic hydroxyl groups excluding tert-OH is 1. The molecule has 6 heteroatoms. The normalized spacial score (nSPS) is 30.8. The highest BCUT2D eigenvalue weighted by molar-refractivity contribution is 5.83. The summed E-state index contributed by atoms with van der Waals surface area (Å²) in [6.45, 7) is 9.58. The zero-order valence-electron chi connectivity index (χ0n) is 14.2. The van der Waals surface area contributed by atoms with Gasteiger partial charge in [0.05, 0.1) is 18.1 Å². The summed E-state index contributed by atoms with van der Waals surface area (Å²) in [6.07, 6.45) is 1.09. The zero-order valence-corrected chi connectivity index (χ0v) is 14.2. The lowest BCUT2D eigenvalue weighted by Crippen LogP contribution is -2.69. The van der Waals surface area contributed by atoms with Crippen molar-refractivity contribution in [3.8, 4) is 0 Å². The highest BCUT2D eigenvalue weighted by atomic mass is 16.6. The molecule has 0 aromatic heterocycles. The molecule has 2 aliphatic rings. The fourth-order valence-corrected chi connectivity index (χ4v) is 3.71. The first-order valence-electron chi connectivity index (χ1n) is 8.03. The number of fused-ring (bicyclic) bond motifs is 1. The molecule has 126 valence electrons. The maximum Gasteiger partial charge on any atom is 0.410 e. The van der Waals surface area contributed by atoms with Crippen LogP contribution in [0.4, 0.5) is 4.79 Å². The largest absolute Gasteiger partial charge is 0.444 e. The first-order chi connectivity index (χ1) is 10.1. The Morgan fingerprint density at radius 1 is 1.41 bits per heavy atom. The Morgan fingerprint density at radius 3 is 2.55 bits per heavy atom. The minimum atomic E-state index is -0.790. The second kappa shape index (κ2) is 5.72. The summed E-state index contributed by atoms with van der Waals surface area (Å²) in [5.74, 6) is -0.274. The molecular weight excluding hydrogens is 284 g/mol. The molecule has 0 unspecified atom stereocenters. The van der Waals surface area contributed by atoms with Crippen LogP contribution in [0.3, 0.4) is 0 Å². The Kier molecular flexibility index (Phi) is 4.44. The van der Waals surface area contributed by atoms with Crippen LogP contribution in [-0.4, -0.2) is 52.3 Å². The monoisotopic (exact) mass is 312 g/mol. The summed E-state index contributed by atoms with van der Waals surface area (Å²) < 4.78 is 5.45. The second-order valence-corrected chi connectivity index (χ2v) is 7.72. The molecule has 0 bridgehead atoms. The topological polar surface area (TPSA) is 78.9 Å². The van der Waals surface area contributed by atoms with Gasteiger partial charge < -0.3 is 15.2 Å². The zero-order chi connectivity index (χ0) is 16.7. The predicted molar refractivity (Wildman–Crippen MR) is 82.2 cm³/mol. The van der Waals surface area contributed by atoms with Gasteiger partial charge in [0.25, 0.3) is 0 Å². The molecule has 2 fully saturated rings. The summed E-state index contributed by atoms with van der Waals surface area (Å²) in [5.41, 5.74) is -1.38. The molecule has 1 aliphatic heterocycles. The van der Waals surface area contributed by atoms with Gasteiger partial charge in [-0.3, -0.25) is 9.69 Å². The van der Waals surface area contributed by atoms with Gasteiger partial charge in [0.2, 0.25) is 5.91 Å². The van der Waals surface area contributed by atoms with Gasteiger partial charge in [-0.2, -0.15) is 0 Å². The van der Waals surface area contributed by atoms with Crippen molar-refractivity contribution < 1.29 is 19.4 Å². The number of hydrogen-bond acceptors (Lipinski definition) is 4. The molecule has 3 atom stereocenters. The molecule has 1 heterocycles.